The zero-order chi connectivity index (χ0) is 14.6. The van der Waals surface area contributed by atoms with Gasteiger partial charge in [0.25, 0.3) is 0 Å². The highest BCUT2D eigenvalue weighted by atomic mass is 16.5. The van der Waals surface area contributed by atoms with Crippen LogP contribution >= 0.6 is 0 Å². The van der Waals surface area contributed by atoms with Crippen LogP contribution in [0.15, 0.2) is 54.6 Å². The molecule has 0 bridgehead atoms. The molecule has 1 unspecified atom stereocenters. The molecule has 1 atom stereocenters. The van der Waals surface area contributed by atoms with E-state index in [1.54, 1.807) is 0 Å². The van der Waals surface area contributed by atoms with Crippen molar-refractivity contribution in [2.45, 2.75) is 26.8 Å². The fourth-order valence-electron chi connectivity index (χ4n) is 1.81. The fourth-order valence-corrected chi connectivity index (χ4v) is 1.81. The number of rotatable bonds is 4. The predicted octanol–water partition coefficient (Wildman–Crippen LogP) is 4.11. The van der Waals surface area contributed by atoms with Crippen molar-refractivity contribution in [3.63, 3.8) is 0 Å². The first kappa shape index (κ1) is 14.6. The summed E-state index contributed by atoms with van der Waals surface area (Å²) in [5.74, 6) is 0.865. The first-order valence-corrected chi connectivity index (χ1v) is 7.01. The van der Waals surface area contributed by atoms with Gasteiger partial charge in [-0.15, -0.1) is 0 Å². The average Bonchev–Trinajstić information content (AvgIpc) is 2.45. The molecule has 0 spiro atoms. The maximum absolute atomic E-state index is 6.09. The summed E-state index contributed by atoms with van der Waals surface area (Å²) in [5, 5.41) is 0. The van der Waals surface area contributed by atoms with E-state index in [0.29, 0.717) is 6.61 Å². The SMILES string of the molecule is CC(C)(C)C(N)COc1ccc(-c2ccccc2)cc1. The molecular weight excluding hydrogens is 246 g/mol. The summed E-state index contributed by atoms with van der Waals surface area (Å²) in [5.41, 5.74) is 8.56. The Morgan fingerprint density at radius 3 is 2.00 bits per heavy atom. The summed E-state index contributed by atoms with van der Waals surface area (Å²) in [4.78, 5) is 0. The van der Waals surface area contributed by atoms with Crippen LogP contribution < -0.4 is 10.5 Å². The van der Waals surface area contributed by atoms with Gasteiger partial charge in [-0.05, 0) is 28.7 Å². The molecule has 0 radical (unpaired) electrons. The lowest BCUT2D eigenvalue weighted by atomic mass is 9.88. The molecule has 0 aliphatic heterocycles. The Morgan fingerprint density at radius 2 is 1.45 bits per heavy atom. The van der Waals surface area contributed by atoms with Gasteiger partial charge in [-0.3, -0.25) is 0 Å². The quantitative estimate of drug-likeness (QED) is 0.906. The van der Waals surface area contributed by atoms with Gasteiger partial charge in [0.2, 0.25) is 0 Å². The predicted molar refractivity (Wildman–Crippen MR) is 84.8 cm³/mol. The van der Waals surface area contributed by atoms with E-state index in [9.17, 15) is 0 Å². The van der Waals surface area contributed by atoms with Crippen molar-refractivity contribution >= 4 is 0 Å². The number of ether oxygens (including phenoxy) is 1. The number of nitrogens with two attached hydrogens (primary N) is 1. The first-order valence-electron chi connectivity index (χ1n) is 7.01. The van der Waals surface area contributed by atoms with Crippen molar-refractivity contribution in [2.24, 2.45) is 11.1 Å². The molecule has 2 heteroatoms. The third-order valence-electron chi connectivity index (χ3n) is 3.50. The van der Waals surface area contributed by atoms with Crippen LogP contribution in [-0.4, -0.2) is 12.6 Å². The van der Waals surface area contributed by atoms with Gasteiger partial charge in [0, 0.05) is 6.04 Å². The van der Waals surface area contributed by atoms with Gasteiger partial charge in [0.1, 0.15) is 12.4 Å². The second-order valence-electron chi connectivity index (χ2n) is 6.17. The summed E-state index contributed by atoms with van der Waals surface area (Å²) < 4.78 is 5.76. The first-order chi connectivity index (χ1) is 9.47. The number of hydrogen-bond donors (Lipinski definition) is 1. The van der Waals surface area contributed by atoms with Crippen LogP contribution in [0.5, 0.6) is 5.75 Å². The van der Waals surface area contributed by atoms with E-state index in [1.807, 2.05) is 30.3 Å². The summed E-state index contributed by atoms with van der Waals surface area (Å²) in [6.07, 6.45) is 0. The largest absolute Gasteiger partial charge is 0.492 e. The Balaban J connectivity index is 1.99. The van der Waals surface area contributed by atoms with Crippen LogP contribution in [0.2, 0.25) is 0 Å². The van der Waals surface area contributed by atoms with Crippen LogP contribution in [-0.2, 0) is 0 Å². The van der Waals surface area contributed by atoms with E-state index in [1.165, 1.54) is 11.1 Å². The number of benzene rings is 2. The molecular formula is C18H23NO. The van der Waals surface area contributed by atoms with E-state index in [2.05, 4.69) is 45.0 Å². The molecule has 0 fully saturated rings. The van der Waals surface area contributed by atoms with E-state index >= 15 is 0 Å². The molecule has 106 valence electrons. The molecule has 0 amide bonds. The zero-order valence-corrected chi connectivity index (χ0v) is 12.5. The molecule has 2 N–H and O–H groups in total. The van der Waals surface area contributed by atoms with Crippen molar-refractivity contribution in [1.82, 2.24) is 0 Å². The van der Waals surface area contributed by atoms with E-state index in [0.717, 1.165) is 5.75 Å². The Labute approximate surface area is 121 Å². The van der Waals surface area contributed by atoms with Gasteiger partial charge in [-0.2, -0.15) is 0 Å². The Morgan fingerprint density at radius 1 is 0.900 bits per heavy atom. The lowest BCUT2D eigenvalue weighted by Gasteiger charge is -2.26. The normalized spacial score (nSPS) is 13.0. The van der Waals surface area contributed by atoms with Gasteiger partial charge >= 0.3 is 0 Å². The van der Waals surface area contributed by atoms with Gasteiger partial charge < -0.3 is 10.5 Å². The van der Waals surface area contributed by atoms with E-state index in [4.69, 9.17) is 10.5 Å². The third-order valence-corrected chi connectivity index (χ3v) is 3.50. The summed E-state index contributed by atoms with van der Waals surface area (Å²) in [7, 11) is 0. The minimum Gasteiger partial charge on any atom is -0.492 e. The average molecular weight is 269 g/mol. The Bertz CT molecular complexity index is 526. The second kappa shape index (κ2) is 6.10. The van der Waals surface area contributed by atoms with Crippen molar-refractivity contribution in [3.8, 4) is 16.9 Å². The van der Waals surface area contributed by atoms with Gasteiger partial charge in [0.15, 0.2) is 0 Å². The van der Waals surface area contributed by atoms with Gasteiger partial charge in [-0.1, -0.05) is 63.2 Å². The lowest BCUT2D eigenvalue weighted by molar-refractivity contribution is 0.205. The summed E-state index contributed by atoms with van der Waals surface area (Å²) in [6.45, 7) is 6.91. The zero-order valence-electron chi connectivity index (χ0n) is 12.5. The van der Waals surface area contributed by atoms with E-state index < -0.39 is 0 Å². The lowest BCUT2D eigenvalue weighted by Crippen LogP contribution is -2.40. The second-order valence-corrected chi connectivity index (χ2v) is 6.17. The highest BCUT2D eigenvalue weighted by Crippen LogP contribution is 2.23. The van der Waals surface area contributed by atoms with Crippen LogP contribution in [0.3, 0.4) is 0 Å². The molecule has 2 aromatic rings. The molecule has 0 aliphatic rings. The van der Waals surface area contributed by atoms with Gasteiger partial charge in [0.05, 0.1) is 0 Å². The van der Waals surface area contributed by atoms with Crippen LogP contribution in [0.1, 0.15) is 20.8 Å². The topological polar surface area (TPSA) is 35.2 Å². The monoisotopic (exact) mass is 269 g/mol. The minimum atomic E-state index is 0.0244. The highest BCUT2D eigenvalue weighted by molar-refractivity contribution is 5.63. The van der Waals surface area contributed by atoms with Crippen molar-refractivity contribution < 1.29 is 4.74 Å². The molecule has 0 saturated carbocycles. The molecule has 0 saturated heterocycles. The summed E-state index contributed by atoms with van der Waals surface area (Å²) >= 11 is 0. The maximum atomic E-state index is 6.09. The van der Waals surface area contributed by atoms with E-state index in [-0.39, 0.29) is 11.5 Å². The molecule has 0 aromatic heterocycles. The van der Waals surface area contributed by atoms with Gasteiger partial charge in [-0.25, -0.2) is 0 Å². The standard InChI is InChI=1S/C18H23NO/c1-18(2,3)17(19)13-20-16-11-9-15(10-12-16)14-7-5-4-6-8-14/h4-12,17H,13,19H2,1-3H3. The molecule has 2 aromatic carbocycles. The fraction of sp³-hybridized carbons (Fsp3) is 0.333. The summed E-state index contributed by atoms with van der Waals surface area (Å²) in [6, 6.07) is 18.5. The number of hydrogen-bond acceptors (Lipinski definition) is 2. The van der Waals surface area contributed by atoms with Crippen molar-refractivity contribution in [2.75, 3.05) is 6.61 Å². The van der Waals surface area contributed by atoms with Crippen molar-refractivity contribution in [3.05, 3.63) is 54.6 Å². The highest BCUT2D eigenvalue weighted by Gasteiger charge is 2.20. The third kappa shape index (κ3) is 3.84. The molecule has 2 rings (SSSR count). The molecule has 0 heterocycles. The van der Waals surface area contributed by atoms with Crippen LogP contribution in [0.4, 0.5) is 0 Å². The van der Waals surface area contributed by atoms with Crippen LogP contribution in [0.25, 0.3) is 11.1 Å². The van der Waals surface area contributed by atoms with Crippen LogP contribution in [0, 0.1) is 5.41 Å². The molecule has 0 aliphatic carbocycles. The molecule has 2 nitrogen and oxygen atoms in total. The molecule has 20 heavy (non-hydrogen) atoms. The maximum Gasteiger partial charge on any atom is 0.119 e. The van der Waals surface area contributed by atoms with Crippen molar-refractivity contribution in [1.29, 1.82) is 0 Å². The minimum absolute atomic E-state index is 0.0244. The Hall–Kier alpha value is -1.80. The Kier molecular flexibility index (Phi) is 4.46. The smallest absolute Gasteiger partial charge is 0.119 e.